The molecule has 2 aromatic rings. The molecule has 0 spiro atoms. The van der Waals surface area contributed by atoms with Crippen molar-refractivity contribution in [1.82, 2.24) is 10.2 Å². The zero-order valence-electron chi connectivity index (χ0n) is 18.6. The zero-order chi connectivity index (χ0) is 22.6. The van der Waals surface area contributed by atoms with E-state index in [2.05, 4.69) is 59.4 Å². The Kier molecular flexibility index (Phi) is 11.2. The standard InChI is InChI=1S/C25H33BrN2O2S/c1-4-23(25(30)27-16-19(2)3)28(15-14-20-8-6-5-7-9-20)24(29)18-31-17-21-10-12-22(26)13-11-21/h5-13,19,23H,4,14-18H2,1-3H3,(H,27,30)/t23-/m1/s1. The quantitative estimate of drug-likeness (QED) is 0.426. The summed E-state index contributed by atoms with van der Waals surface area (Å²) < 4.78 is 1.04. The first-order valence-corrected chi connectivity index (χ1v) is 12.8. The lowest BCUT2D eigenvalue weighted by atomic mass is 10.1. The molecule has 0 unspecified atom stereocenters. The van der Waals surface area contributed by atoms with Gasteiger partial charge in [0.25, 0.3) is 0 Å². The van der Waals surface area contributed by atoms with E-state index < -0.39 is 6.04 Å². The van der Waals surface area contributed by atoms with Crippen LogP contribution < -0.4 is 5.32 Å². The number of amides is 2. The van der Waals surface area contributed by atoms with Crippen molar-refractivity contribution >= 4 is 39.5 Å². The molecule has 0 aliphatic rings. The van der Waals surface area contributed by atoms with Crippen LogP contribution in [0.2, 0.25) is 0 Å². The van der Waals surface area contributed by atoms with Gasteiger partial charge in [-0.2, -0.15) is 0 Å². The third-order valence-electron chi connectivity index (χ3n) is 4.96. The van der Waals surface area contributed by atoms with E-state index in [1.165, 1.54) is 11.1 Å². The summed E-state index contributed by atoms with van der Waals surface area (Å²) in [5.74, 6) is 1.46. The zero-order valence-corrected chi connectivity index (χ0v) is 21.0. The second-order valence-electron chi connectivity index (χ2n) is 8.01. The summed E-state index contributed by atoms with van der Waals surface area (Å²) in [5.41, 5.74) is 2.35. The summed E-state index contributed by atoms with van der Waals surface area (Å²) in [6, 6.07) is 17.8. The predicted octanol–water partition coefficient (Wildman–Crippen LogP) is 5.30. The summed E-state index contributed by atoms with van der Waals surface area (Å²) in [6.45, 7) is 7.26. The molecule has 2 amide bonds. The van der Waals surface area contributed by atoms with E-state index in [9.17, 15) is 9.59 Å². The third kappa shape index (κ3) is 9.08. The second-order valence-corrected chi connectivity index (χ2v) is 9.91. The van der Waals surface area contributed by atoms with Crippen molar-refractivity contribution in [2.24, 2.45) is 5.92 Å². The molecular formula is C25H33BrN2O2S. The van der Waals surface area contributed by atoms with Gasteiger partial charge < -0.3 is 10.2 Å². The average Bonchev–Trinajstić information content (AvgIpc) is 2.77. The maximum absolute atomic E-state index is 13.2. The number of carbonyl (C=O) groups is 2. The molecule has 0 aliphatic heterocycles. The van der Waals surface area contributed by atoms with Crippen LogP contribution in [0, 0.1) is 5.92 Å². The van der Waals surface area contributed by atoms with E-state index >= 15 is 0 Å². The Morgan fingerprint density at radius 3 is 2.32 bits per heavy atom. The van der Waals surface area contributed by atoms with Crippen LogP contribution in [0.1, 0.15) is 38.3 Å². The van der Waals surface area contributed by atoms with E-state index in [1.807, 2.05) is 37.3 Å². The van der Waals surface area contributed by atoms with Crippen LogP contribution in [0.15, 0.2) is 59.1 Å². The number of thioether (sulfide) groups is 1. The van der Waals surface area contributed by atoms with Gasteiger partial charge >= 0.3 is 0 Å². The first-order valence-electron chi connectivity index (χ1n) is 10.8. The van der Waals surface area contributed by atoms with Gasteiger partial charge in [-0.3, -0.25) is 9.59 Å². The van der Waals surface area contributed by atoms with Gasteiger partial charge in [0.2, 0.25) is 11.8 Å². The Hall–Kier alpha value is -1.79. The van der Waals surface area contributed by atoms with Crippen molar-refractivity contribution in [3.05, 3.63) is 70.2 Å². The van der Waals surface area contributed by atoms with Gasteiger partial charge in [0.1, 0.15) is 6.04 Å². The average molecular weight is 506 g/mol. The Bertz CT molecular complexity index is 812. The number of benzene rings is 2. The third-order valence-corrected chi connectivity index (χ3v) is 6.48. The largest absolute Gasteiger partial charge is 0.354 e. The molecule has 0 bridgehead atoms. The fourth-order valence-electron chi connectivity index (χ4n) is 3.24. The molecule has 1 N–H and O–H groups in total. The summed E-state index contributed by atoms with van der Waals surface area (Å²) >= 11 is 5.04. The van der Waals surface area contributed by atoms with Crippen molar-refractivity contribution in [2.45, 2.75) is 45.4 Å². The number of nitrogens with zero attached hydrogens (tertiary/aromatic N) is 1. The van der Waals surface area contributed by atoms with Crippen LogP contribution in [-0.2, 0) is 21.8 Å². The van der Waals surface area contributed by atoms with Gasteiger partial charge in [-0.1, -0.05) is 79.2 Å². The minimum atomic E-state index is -0.441. The van der Waals surface area contributed by atoms with Gasteiger partial charge in [0, 0.05) is 23.3 Å². The van der Waals surface area contributed by atoms with E-state index in [1.54, 1.807) is 16.7 Å². The van der Waals surface area contributed by atoms with Gasteiger partial charge in [-0.05, 0) is 42.0 Å². The number of rotatable bonds is 12. The Morgan fingerprint density at radius 2 is 1.71 bits per heavy atom. The highest BCUT2D eigenvalue weighted by Gasteiger charge is 2.28. The Balaban J connectivity index is 2.03. The highest BCUT2D eigenvalue weighted by molar-refractivity contribution is 9.10. The monoisotopic (exact) mass is 504 g/mol. The van der Waals surface area contributed by atoms with Crippen molar-refractivity contribution in [3.8, 4) is 0 Å². The number of hydrogen-bond acceptors (Lipinski definition) is 3. The van der Waals surface area contributed by atoms with Crippen LogP contribution in [0.3, 0.4) is 0 Å². The minimum absolute atomic E-state index is 0.0181. The number of hydrogen-bond donors (Lipinski definition) is 1. The van der Waals surface area contributed by atoms with Crippen molar-refractivity contribution < 1.29 is 9.59 Å². The summed E-state index contributed by atoms with van der Waals surface area (Å²) in [5, 5.41) is 3.01. The minimum Gasteiger partial charge on any atom is -0.354 e. The van der Waals surface area contributed by atoms with E-state index in [4.69, 9.17) is 0 Å². The molecule has 6 heteroatoms. The maximum Gasteiger partial charge on any atom is 0.242 e. The van der Waals surface area contributed by atoms with Crippen LogP contribution >= 0.6 is 27.7 Å². The molecule has 2 rings (SSSR count). The smallest absolute Gasteiger partial charge is 0.242 e. The van der Waals surface area contributed by atoms with Crippen molar-refractivity contribution in [1.29, 1.82) is 0 Å². The van der Waals surface area contributed by atoms with E-state index in [0.29, 0.717) is 31.2 Å². The maximum atomic E-state index is 13.2. The SMILES string of the molecule is CC[C@H](C(=O)NCC(C)C)N(CCc1ccccc1)C(=O)CSCc1ccc(Br)cc1. The normalized spacial score (nSPS) is 11.9. The van der Waals surface area contributed by atoms with Gasteiger partial charge in [-0.15, -0.1) is 11.8 Å². The molecule has 0 fully saturated rings. The highest BCUT2D eigenvalue weighted by atomic mass is 79.9. The highest BCUT2D eigenvalue weighted by Crippen LogP contribution is 2.18. The number of nitrogens with one attached hydrogen (secondary N) is 1. The molecule has 0 saturated carbocycles. The first kappa shape index (κ1) is 25.5. The topological polar surface area (TPSA) is 49.4 Å². The van der Waals surface area contributed by atoms with Crippen LogP contribution in [0.5, 0.6) is 0 Å². The number of carbonyl (C=O) groups excluding carboxylic acids is 2. The second kappa shape index (κ2) is 13.6. The molecule has 168 valence electrons. The van der Waals surface area contributed by atoms with E-state index in [-0.39, 0.29) is 11.8 Å². The van der Waals surface area contributed by atoms with Gasteiger partial charge in [-0.25, -0.2) is 0 Å². The summed E-state index contributed by atoms with van der Waals surface area (Å²) in [7, 11) is 0. The fourth-order valence-corrected chi connectivity index (χ4v) is 4.37. The van der Waals surface area contributed by atoms with Crippen LogP contribution in [-0.4, -0.2) is 41.6 Å². The summed E-state index contributed by atoms with van der Waals surface area (Å²) in [4.78, 5) is 27.8. The summed E-state index contributed by atoms with van der Waals surface area (Å²) in [6.07, 6.45) is 1.33. The van der Waals surface area contributed by atoms with Crippen LogP contribution in [0.25, 0.3) is 0 Å². The van der Waals surface area contributed by atoms with E-state index in [0.717, 1.165) is 16.6 Å². The molecule has 1 atom stereocenters. The molecule has 0 heterocycles. The first-order chi connectivity index (χ1) is 14.9. The van der Waals surface area contributed by atoms with Crippen molar-refractivity contribution in [2.75, 3.05) is 18.8 Å². The van der Waals surface area contributed by atoms with Gasteiger partial charge in [0.05, 0.1) is 5.75 Å². The Morgan fingerprint density at radius 1 is 1.03 bits per heavy atom. The molecule has 31 heavy (non-hydrogen) atoms. The number of halogens is 1. The predicted molar refractivity (Wildman–Crippen MR) is 134 cm³/mol. The van der Waals surface area contributed by atoms with Crippen LogP contribution in [0.4, 0.5) is 0 Å². The lowest BCUT2D eigenvalue weighted by Gasteiger charge is -2.31. The molecule has 0 radical (unpaired) electrons. The lowest BCUT2D eigenvalue weighted by Crippen LogP contribution is -2.51. The molecular weight excluding hydrogens is 472 g/mol. The van der Waals surface area contributed by atoms with Crippen molar-refractivity contribution in [3.63, 3.8) is 0 Å². The fraction of sp³-hybridized carbons (Fsp3) is 0.440. The molecule has 4 nitrogen and oxygen atoms in total. The molecule has 0 aliphatic carbocycles. The molecule has 2 aromatic carbocycles. The Labute approximate surface area is 199 Å². The molecule has 0 aromatic heterocycles. The lowest BCUT2D eigenvalue weighted by molar-refractivity contribution is -0.138. The van der Waals surface area contributed by atoms with Gasteiger partial charge in [0.15, 0.2) is 0 Å². The molecule has 0 saturated heterocycles.